The van der Waals surface area contributed by atoms with Crippen molar-refractivity contribution in [1.29, 1.82) is 0 Å². The predicted molar refractivity (Wildman–Crippen MR) is 94.9 cm³/mol. The van der Waals surface area contributed by atoms with Gasteiger partial charge in [-0.1, -0.05) is 0 Å². The number of hydrogen-bond donors (Lipinski definition) is 0. The van der Waals surface area contributed by atoms with E-state index < -0.39 is 0 Å². The van der Waals surface area contributed by atoms with E-state index >= 15 is 0 Å². The van der Waals surface area contributed by atoms with Gasteiger partial charge in [-0.05, 0) is 58.1 Å². The van der Waals surface area contributed by atoms with Gasteiger partial charge in [-0.3, -0.25) is 9.48 Å². The van der Waals surface area contributed by atoms with Crippen molar-refractivity contribution in [2.24, 2.45) is 5.92 Å². The summed E-state index contributed by atoms with van der Waals surface area (Å²) in [7, 11) is 0. The van der Waals surface area contributed by atoms with Crippen LogP contribution in [-0.4, -0.2) is 38.2 Å². The first kappa shape index (κ1) is 16.8. The van der Waals surface area contributed by atoms with E-state index in [4.69, 9.17) is 0 Å². The molecule has 5 nitrogen and oxygen atoms in total. The van der Waals surface area contributed by atoms with Gasteiger partial charge in [0.2, 0.25) is 0 Å². The highest BCUT2D eigenvalue weighted by molar-refractivity contribution is 5.94. The molecule has 0 aromatic carbocycles. The van der Waals surface area contributed by atoms with E-state index in [9.17, 15) is 4.79 Å². The maximum Gasteiger partial charge on any atom is 0.255 e. The molecule has 0 N–H and O–H groups in total. The van der Waals surface area contributed by atoms with Crippen LogP contribution >= 0.6 is 0 Å². The molecule has 1 amide bonds. The Kier molecular flexibility index (Phi) is 4.78. The Bertz CT molecular complexity index is 658. The Balaban J connectivity index is 1.50. The number of carbonyl (C=O) groups excluding carboxylic acids is 1. The number of aromatic nitrogens is 3. The molecule has 1 fully saturated rings. The van der Waals surface area contributed by atoms with Crippen LogP contribution in [0.1, 0.15) is 50.4 Å². The molecule has 1 aliphatic rings. The summed E-state index contributed by atoms with van der Waals surface area (Å²) in [6, 6.07) is 3.91. The number of aryl methyl sites for hydroxylation is 1. The highest BCUT2D eigenvalue weighted by atomic mass is 16.2. The van der Waals surface area contributed by atoms with Crippen LogP contribution in [0, 0.1) is 5.92 Å². The van der Waals surface area contributed by atoms with Crippen LogP contribution in [0.2, 0.25) is 0 Å². The lowest BCUT2D eigenvalue weighted by atomic mass is 9.93. The summed E-state index contributed by atoms with van der Waals surface area (Å²) in [5, 5.41) is 4.26. The molecule has 0 aliphatic carbocycles. The van der Waals surface area contributed by atoms with E-state index in [0.29, 0.717) is 5.92 Å². The van der Waals surface area contributed by atoms with Gasteiger partial charge < -0.3 is 9.47 Å². The predicted octanol–water partition coefficient (Wildman–Crippen LogP) is 3.38. The number of rotatable bonds is 4. The molecule has 130 valence electrons. The second-order valence-electron chi connectivity index (χ2n) is 7.77. The minimum absolute atomic E-state index is 0.0119. The zero-order valence-corrected chi connectivity index (χ0v) is 15.0. The Morgan fingerprint density at radius 1 is 1.25 bits per heavy atom. The molecule has 24 heavy (non-hydrogen) atoms. The minimum Gasteiger partial charge on any atom is -0.348 e. The summed E-state index contributed by atoms with van der Waals surface area (Å²) < 4.78 is 4.10. The van der Waals surface area contributed by atoms with Gasteiger partial charge in [-0.2, -0.15) is 5.10 Å². The van der Waals surface area contributed by atoms with E-state index in [1.807, 2.05) is 46.5 Å². The Morgan fingerprint density at radius 3 is 2.58 bits per heavy atom. The molecule has 3 heterocycles. The first-order chi connectivity index (χ1) is 11.4. The molecule has 3 rings (SSSR count). The SMILES string of the molecule is CC(C)(C)n1ccc(C(=O)N2CCC(CCn3cccn3)CC2)c1. The van der Waals surface area contributed by atoms with Crippen molar-refractivity contribution in [2.75, 3.05) is 13.1 Å². The Morgan fingerprint density at radius 2 is 2.00 bits per heavy atom. The van der Waals surface area contributed by atoms with E-state index in [2.05, 4.69) is 30.4 Å². The van der Waals surface area contributed by atoms with Gasteiger partial charge in [0.1, 0.15) is 0 Å². The quantitative estimate of drug-likeness (QED) is 0.863. The van der Waals surface area contributed by atoms with Crippen molar-refractivity contribution >= 4 is 5.91 Å². The van der Waals surface area contributed by atoms with Crippen molar-refractivity contribution in [1.82, 2.24) is 19.2 Å². The standard InChI is InChI=1S/C19H28N4O/c1-19(2,3)22-13-8-17(15-22)18(24)21-11-5-16(6-12-21)7-14-23-10-4-9-20-23/h4,8-10,13,15-16H,5-7,11-12,14H2,1-3H3. The number of piperidine rings is 1. The number of nitrogens with zero attached hydrogens (tertiary/aromatic N) is 4. The first-order valence-corrected chi connectivity index (χ1v) is 8.88. The fourth-order valence-corrected chi connectivity index (χ4v) is 3.30. The van der Waals surface area contributed by atoms with Gasteiger partial charge in [0.15, 0.2) is 0 Å². The lowest BCUT2D eigenvalue weighted by Gasteiger charge is -2.32. The summed E-state index contributed by atoms with van der Waals surface area (Å²) in [5.41, 5.74) is 0.817. The summed E-state index contributed by atoms with van der Waals surface area (Å²) in [5.74, 6) is 0.862. The number of hydrogen-bond acceptors (Lipinski definition) is 2. The average molecular weight is 328 g/mol. The number of carbonyl (C=O) groups is 1. The van der Waals surface area contributed by atoms with Crippen LogP contribution in [0.4, 0.5) is 0 Å². The first-order valence-electron chi connectivity index (χ1n) is 8.88. The third-order valence-electron chi connectivity index (χ3n) is 4.94. The van der Waals surface area contributed by atoms with Crippen molar-refractivity contribution in [3.63, 3.8) is 0 Å². The number of likely N-dealkylation sites (tertiary alicyclic amines) is 1. The van der Waals surface area contributed by atoms with E-state index in [1.54, 1.807) is 0 Å². The van der Waals surface area contributed by atoms with Crippen LogP contribution in [0.3, 0.4) is 0 Å². The van der Waals surface area contributed by atoms with Crippen LogP contribution in [0.5, 0.6) is 0 Å². The fraction of sp³-hybridized carbons (Fsp3) is 0.579. The fourth-order valence-electron chi connectivity index (χ4n) is 3.30. The molecule has 1 aliphatic heterocycles. The molecule has 0 radical (unpaired) electrons. The minimum atomic E-state index is 0.0119. The third kappa shape index (κ3) is 3.89. The van der Waals surface area contributed by atoms with Crippen LogP contribution in [-0.2, 0) is 12.1 Å². The Labute approximate surface area is 144 Å². The van der Waals surface area contributed by atoms with Gasteiger partial charge in [0, 0.05) is 50.0 Å². The van der Waals surface area contributed by atoms with E-state index in [0.717, 1.165) is 44.5 Å². The molecule has 1 saturated heterocycles. The van der Waals surface area contributed by atoms with Crippen LogP contribution in [0.25, 0.3) is 0 Å². The lowest BCUT2D eigenvalue weighted by molar-refractivity contribution is 0.0684. The van der Waals surface area contributed by atoms with Gasteiger partial charge in [0.25, 0.3) is 5.91 Å². The lowest BCUT2D eigenvalue weighted by Crippen LogP contribution is -2.38. The summed E-state index contributed by atoms with van der Waals surface area (Å²) >= 11 is 0. The molecule has 2 aromatic heterocycles. The summed E-state index contributed by atoms with van der Waals surface area (Å²) in [6.07, 6.45) is 11.1. The second-order valence-corrected chi connectivity index (χ2v) is 7.77. The normalized spacial score (nSPS) is 16.5. The highest BCUT2D eigenvalue weighted by Crippen LogP contribution is 2.23. The van der Waals surface area contributed by atoms with Gasteiger partial charge in [-0.25, -0.2) is 0 Å². The van der Waals surface area contributed by atoms with Gasteiger partial charge >= 0.3 is 0 Å². The topological polar surface area (TPSA) is 43.1 Å². The van der Waals surface area contributed by atoms with Crippen molar-refractivity contribution in [3.8, 4) is 0 Å². The van der Waals surface area contributed by atoms with E-state index in [1.165, 1.54) is 0 Å². The summed E-state index contributed by atoms with van der Waals surface area (Å²) in [6.45, 7) is 9.14. The molecule has 2 aromatic rings. The van der Waals surface area contributed by atoms with Crippen LogP contribution in [0.15, 0.2) is 36.9 Å². The molecule has 0 saturated carbocycles. The zero-order chi connectivity index (χ0) is 17.2. The third-order valence-corrected chi connectivity index (χ3v) is 4.94. The largest absolute Gasteiger partial charge is 0.348 e. The molecular weight excluding hydrogens is 300 g/mol. The molecule has 0 spiro atoms. The molecule has 0 atom stereocenters. The van der Waals surface area contributed by atoms with Crippen LogP contribution < -0.4 is 0 Å². The maximum absolute atomic E-state index is 12.7. The smallest absolute Gasteiger partial charge is 0.255 e. The maximum atomic E-state index is 12.7. The molecule has 0 unspecified atom stereocenters. The molecule has 5 heteroatoms. The molecular formula is C19H28N4O. The number of amides is 1. The van der Waals surface area contributed by atoms with Crippen molar-refractivity contribution in [3.05, 3.63) is 42.5 Å². The highest BCUT2D eigenvalue weighted by Gasteiger charge is 2.24. The monoisotopic (exact) mass is 328 g/mol. The molecule has 0 bridgehead atoms. The second kappa shape index (κ2) is 6.83. The Hall–Kier alpha value is -2.04. The average Bonchev–Trinajstić information content (AvgIpc) is 3.23. The summed E-state index contributed by atoms with van der Waals surface area (Å²) in [4.78, 5) is 14.7. The van der Waals surface area contributed by atoms with Gasteiger partial charge in [0.05, 0.1) is 5.56 Å². The van der Waals surface area contributed by atoms with Crippen molar-refractivity contribution in [2.45, 2.75) is 52.1 Å². The van der Waals surface area contributed by atoms with Crippen molar-refractivity contribution < 1.29 is 4.79 Å². The van der Waals surface area contributed by atoms with E-state index in [-0.39, 0.29) is 11.4 Å². The van der Waals surface area contributed by atoms with Gasteiger partial charge in [-0.15, -0.1) is 0 Å². The zero-order valence-electron chi connectivity index (χ0n) is 15.0.